The molecule has 1 heterocycles. The Labute approximate surface area is 294 Å². The molecule has 3 aromatic rings. The fourth-order valence-electron chi connectivity index (χ4n) is 7.47. The van der Waals surface area contributed by atoms with Crippen molar-refractivity contribution in [3.63, 3.8) is 0 Å². The van der Waals surface area contributed by atoms with Gasteiger partial charge in [-0.15, -0.1) is 0 Å². The molecule has 3 atom stereocenters. The zero-order valence-electron chi connectivity index (χ0n) is 29.0. The average Bonchev–Trinajstić information content (AvgIpc) is 3.64. The van der Waals surface area contributed by atoms with Crippen LogP contribution in [0.25, 0.3) is 11.1 Å². The Bertz CT molecular complexity index is 1620. The summed E-state index contributed by atoms with van der Waals surface area (Å²) in [7, 11) is 0. The number of benzene rings is 3. The van der Waals surface area contributed by atoms with Gasteiger partial charge in [0.15, 0.2) is 6.10 Å². The minimum Gasteiger partial charge on any atom is -0.493 e. The molecule has 6 rings (SSSR count). The van der Waals surface area contributed by atoms with E-state index in [1.165, 1.54) is 0 Å². The maximum Gasteiger partial charge on any atom is 0.155 e. The summed E-state index contributed by atoms with van der Waals surface area (Å²) in [5, 5.41) is 3.85. The van der Waals surface area contributed by atoms with Gasteiger partial charge < -0.3 is 24.4 Å². The highest BCUT2D eigenvalue weighted by Crippen LogP contribution is 2.45. The number of piperidine rings is 1. The number of Topliss-reactive ketones (excluding diaryl/α,β-unsaturated/α-hetero) is 1. The molecule has 2 aliphatic carbocycles. The van der Waals surface area contributed by atoms with Crippen LogP contribution < -0.4 is 19.5 Å². The number of carbonyl (C=O) groups excluding carboxylic acids is 1. The molecule has 9 heteroatoms. The van der Waals surface area contributed by atoms with E-state index in [9.17, 15) is 9.18 Å². The fourth-order valence-corrected chi connectivity index (χ4v) is 7.70. The lowest BCUT2D eigenvalue weighted by atomic mass is 9.93. The molecule has 6 nitrogen and oxygen atoms in total. The van der Waals surface area contributed by atoms with Gasteiger partial charge in [-0.1, -0.05) is 41.9 Å². The quantitative estimate of drug-likeness (QED) is 0.170. The first kappa shape index (κ1) is 35.6. The van der Waals surface area contributed by atoms with Crippen LogP contribution in [0.3, 0.4) is 0 Å². The number of nitrogens with one attached hydrogen (secondary N) is 1. The molecule has 0 bridgehead atoms. The van der Waals surface area contributed by atoms with Crippen molar-refractivity contribution in [3.8, 4) is 28.4 Å². The summed E-state index contributed by atoms with van der Waals surface area (Å²) < 4.78 is 48.6. The van der Waals surface area contributed by atoms with Gasteiger partial charge in [0.2, 0.25) is 0 Å². The number of halogens is 3. The number of hydrogen-bond donors (Lipinski definition) is 1. The molecule has 3 aromatic carbocycles. The number of ether oxygens (including phenoxy) is 3. The van der Waals surface area contributed by atoms with E-state index in [4.69, 9.17) is 25.8 Å². The minimum atomic E-state index is -1.25. The largest absolute Gasteiger partial charge is 0.493 e. The van der Waals surface area contributed by atoms with Crippen LogP contribution in [-0.2, 0) is 17.8 Å². The van der Waals surface area contributed by atoms with Crippen molar-refractivity contribution >= 4 is 17.4 Å². The van der Waals surface area contributed by atoms with Crippen LogP contribution in [0.4, 0.5) is 8.78 Å². The topological polar surface area (TPSA) is 60.0 Å². The van der Waals surface area contributed by atoms with Gasteiger partial charge in [0.25, 0.3) is 0 Å². The summed E-state index contributed by atoms with van der Waals surface area (Å²) in [6.07, 6.45) is 2.43. The van der Waals surface area contributed by atoms with Gasteiger partial charge in [-0.25, -0.2) is 8.78 Å². The summed E-state index contributed by atoms with van der Waals surface area (Å²) in [5.74, 6) is 2.54. The number of alkyl halides is 2. The van der Waals surface area contributed by atoms with Crippen molar-refractivity contribution in [2.75, 3.05) is 39.4 Å². The number of rotatable bonds is 14. The van der Waals surface area contributed by atoms with E-state index in [2.05, 4.69) is 16.3 Å². The maximum atomic E-state index is 15.9. The lowest BCUT2D eigenvalue weighted by Crippen LogP contribution is -2.40. The molecule has 1 N–H and O–H groups in total. The molecule has 49 heavy (non-hydrogen) atoms. The van der Waals surface area contributed by atoms with Crippen LogP contribution in [0.1, 0.15) is 80.7 Å². The van der Waals surface area contributed by atoms with Gasteiger partial charge in [0.05, 0.1) is 18.2 Å². The second-order valence-electron chi connectivity index (χ2n) is 14.1. The van der Waals surface area contributed by atoms with Crippen molar-refractivity contribution < 1.29 is 27.8 Å². The molecule has 0 aromatic heterocycles. The first-order chi connectivity index (χ1) is 23.6. The van der Waals surface area contributed by atoms with Crippen LogP contribution in [0.15, 0.2) is 48.5 Å². The van der Waals surface area contributed by atoms with Gasteiger partial charge in [-0.3, -0.25) is 4.79 Å². The lowest BCUT2D eigenvalue weighted by Gasteiger charge is -2.34. The third kappa shape index (κ3) is 8.58. The first-order valence-electron chi connectivity index (χ1n) is 17.9. The second kappa shape index (κ2) is 15.8. The third-order valence-corrected chi connectivity index (χ3v) is 10.7. The summed E-state index contributed by atoms with van der Waals surface area (Å²) in [6, 6.07) is 15.6. The molecule has 1 saturated heterocycles. The number of carbonyl (C=O) groups is 1. The van der Waals surface area contributed by atoms with Gasteiger partial charge in [0, 0.05) is 57.1 Å². The monoisotopic (exact) mass is 694 g/mol. The lowest BCUT2D eigenvalue weighted by molar-refractivity contribution is -0.117. The van der Waals surface area contributed by atoms with Crippen LogP contribution in [0, 0.1) is 12.8 Å². The van der Waals surface area contributed by atoms with Crippen molar-refractivity contribution in [2.24, 2.45) is 5.92 Å². The summed E-state index contributed by atoms with van der Waals surface area (Å²) >= 11 is 6.75. The summed E-state index contributed by atoms with van der Waals surface area (Å²) in [5.41, 5.74) is 4.58. The van der Waals surface area contributed by atoms with Crippen molar-refractivity contribution in [2.45, 2.75) is 90.2 Å². The molecular formula is C40H49ClF2N2O4. The van der Waals surface area contributed by atoms with Crippen molar-refractivity contribution in [1.29, 1.82) is 0 Å². The minimum absolute atomic E-state index is 0.232. The molecule has 0 unspecified atom stereocenters. The number of fused-ring (bicyclic) bond motifs is 1. The van der Waals surface area contributed by atoms with Crippen LogP contribution in [0.2, 0.25) is 5.02 Å². The van der Waals surface area contributed by atoms with E-state index in [-0.39, 0.29) is 6.42 Å². The molecule has 0 radical (unpaired) electrons. The van der Waals surface area contributed by atoms with Gasteiger partial charge >= 0.3 is 0 Å². The van der Waals surface area contributed by atoms with Crippen molar-refractivity contribution in [1.82, 2.24) is 10.2 Å². The van der Waals surface area contributed by atoms with E-state index in [1.807, 2.05) is 50.2 Å². The zero-order valence-corrected chi connectivity index (χ0v) is 29.7. The molecule has 0 amide bonds. The van der Waals surface area contributed by atoms with Gasteiger partial charge in [-0.2, -0.15) is 0 Å². The third-order valence-electron chi connectivity index (χ3n) is 10.4. The van der Waals surface area contributed by atoms with Crippen LogP contribution in [-0.4, -0.2) is 61.9 Å². The Hall–Kier alpha value is -3.20. The Morgan fingerprint density at radius 1 is 1.02 bits per heavy atom. The Morgan fingerprint density at radius 2 is 1.80 bits per heavy atom. The average molecular weight is 695 g/mol. The summed E-state index contributed by atoms with van der Waals surface area (Å²) in [4.78, 5) is 14.0. The standard InChI is InChI=1S/C40H49ClF2N2O4/c1-4-47-37-23-38(34(41)21-28(37)25-44-24-27-12-13-29(46)20-27)49-39-32-10-5-9-31(33(32)22-35(39)42)30-8-6-11-36(26(30)2)48-19-7-16-45-17-14-40(3,43)15-18-45/h5-6,8-11,21,23,27,35,39,44H,4,7,12-20,22,24-25H2,1-3H3/t27-,35+,39-/m1/s1. The van der Waals surface area contributed by atoms with E-state index in [1.54, 1.807) is 13.0 Å². The van der Waals surface area contributed by atoms with E-state index < -0.39 is 17.9 Å². The Kier molecular flexibility index (Phi) is 11.5. The predicted octanol–water partition coefficient (Wildman–Crippen LogP) is 8.78. The van der Waals surface area contributed by atoms with Gasteiger partial charge in [-0.05, 0) is 98.9 Å². The number of likely N-dealkylation sites (tertiary alicyclic amines) is 1. The number of nitrogens with zero attached hydrogens (tertiary/aromatic N) is 1. The number of hydrogen-bond acceptors (Lipinski definition) is 6. The molecule has 3 aliphatic rings. The smallest absolute Gasteiger partial charge is 0.155 e. The fraction of sp³-hybridized carbons (Fsp3) is 0.525. The Balaban J connectivity index is 1.13. The van der Waals surface area contributed by atoms with Crippen molar-refractivity contribution in [3.05, 3.63) is 75.8 Å². The molecular weight excluding hydrogens is 646 g/mol. The Morgan fingerprint density at radius 3 is 2.55 bits per heavy atom. The van der Waals surface area contributed by atoms with Crippen LogP contribution >= 0.6 is 11.6 Å². The molecule has 1 aliphatic heterocycles. The van der Waals surface area contributed by atoms with E-state index in [0.717, 1.165) is 78.2 Å². The highest BCUT2D eigenvalue weighted by molar-refractivity contribution is 6.32. The van der Waals surface area contributed by atoms with Crippen LogP contribution in [0.5, 0.6) is 17.2 Å². The first-order valence-corrected chi connectivity index (χ1v) is 18.2. The van der Waals surface area contributed by atoms with E-state index >= 15 is 4.39 Å². The number of ketones is 1. The predicted molar refractivity (Wildman–Crippen MR) is 191 cm³/mol. The highest BCUT2D eigenvalue weighted by atomic mass is 35.5. The normalized spacial score (nSPS) is 21.9. The molecule has 2 fully saturated rings. The maximum absolute atomic E-state index is 15.9. The van der Waals surface area contributed by atoms with E-state index in [0.29, 0.717) is 73.7 Å². The molecule has 0 spiro atoms. The second-order valence-corrected chi connectivity index (χ2v) is 14.5. The molecule has 1 saturated carbocycles. The van der Waals surface area contributed by atoms with Gasteiger partial charge in [0.1, 0.15) is 34.9 Å². The zero-order chi connectivity index (χ0) is 34.5. The SMILES string of the molecule is CCOc1cc(O[C@@H]2c3cccc(-c4cccc(OCCCN5CCC(C)(F)CC5)c4C)c3C[C@@H]2F)c(Cl)cc1CNC[C@@H]1CCC(=O)C1. The molecule has 264 valence electrons. The highest BCUT2D eigenvalue weighted by Gasteiger charge is 2.37. The summed E-state index contributed by atoms with van der Waals surface area (Å²) in [6.45, 7) is 10.5.